The Hall–Kier alpha value is -1.35. The van der Waals surface area contributed by atoms with E-state index in [1.165, 1.54) is 6.07 Å². The van der Waals surface area contributed by atoms with Crippen LogP contribution in [-0.2, 0) is 6.18 Å². The normalized spacial score (nSPS) is 10.9. The summed E-state index contributed by atoms with van der Waals surface area (Å²) in [6, 6.07) is 3.29. The third-order valence-corrected chi connectivity index (χ3v) is 1.57. The Morgan fingerprint density at radius 3 is 2.46 bits per heavy atom. The van der Waals surface area contributed by atoms with Crippen LogP contribution in [0.4, 0.5) is 13.2 Å². The van der Waals surface area contributed by atoms with E-state index in [1.54, 1.807) is 0 Å². The summed E-state index contributed by atoms with van der Waals surface area (Å²) in [5, 5.41) is 8.38. The lowest BCUT2D eigenvalue weighted by Crippen LogP contribution is -2.08. The Morgan fingerprint density at radius 1 is 1.38 bits per heavy atom. The van der Waals surface area contributed by atoms with Crippen LogP contribution in [0.15, 0.2) is 12.1 Å². The Labute approximate surface area is 76.6 Å². The van der Waals surface area contributed by atoms with Gasteiger partial charge in [-0.3, -0.25) is 0 Å². The van der Waals surface area contributed by atoms with Gasteiger partial charge in [0.2, 0.25) is 0 Å². The second-order valence-corrected chi connectivity index (χ2v) is 2.66. The molecule has 0 spiro atoms. The molecule has 0 unspecified atom stereocenters. The number of nitrogens with zero attached hydrogens (tertiary/aromatic N) is 1. The first-order valence-corrected chi connectivity index (χ1v) is 3.56. The summed E-state index contributed by atoms with van der Waals surface area (Å²) in [7, 11) is 0. The highest BCUT2D eigenvalue weighted by atomic mass is 32.1. The fraction of sp³-hybridized carbons (Fsp3) is 0.143. The molecule has 13 heavy (non-hydrogen) atoms. The van der Waals surface area contributed by atoms with Crippen molar-refractivity contribution in [2.45, 2.75) is 6.18 Å². The van der Waals surface area contributed by atoms with Crippen LogP contribution in [0.3, 0.4) is 0 Å². The number of hydrogen-bond donors (Lipinski definition) is 1. The second-order valence-electron chi connectivity index (χ2n) is 2.22. The fourth-order valence-electron chi connectivity index (χ4n) is 0.799. The molecular formula is C7H3F3N2S. The van der Waals surface area contributed by atoms with Crippen molar-refractivity contribution in [3.63, 3.8) is 0 Å². The van der Waals surface area contributed by atoms with Crippen molar-refractivity contribution in [3.8, 4) is 6.07 Å². The molecule has 0 aromatic carbocycles. The summed E-state index contributed by atoms with van der Waals surface area (Å²) < 4.78 is 36.6. The fourth-order valence-corrected chi connectivity index (χ4v) is 0.969. The zero-order valence-corrected chi connectivity index (χ0v) is 6.96. The predicted molar refractivity (Wildman–Crippen MR) is 41.3 cm³/mol. The van der Waals surface area contributed by atoms with Crippen molar-refractivity contribution in [1.82, 2.24) is 4.98 Å². The molecule has 0 aliphatic rings. The van der Waals surface area contributed by atoms with E-state index in [2.05, 4.69) is 17.2 Å². The molecular weight excluding hydrogens is 201 g/mol. The predicted octanol–water partition coefficient (Wildman–Crippen LogP) is 2.63. The average Bonchev–Trinajstić information content (AvgIpc) is 2.01. The molecule has 0 atom stereocenters. The highest BCUT2D eigenvalue weighted by molar-refractivity contribution is 7.71. The smallest absolute Gasteiger partial charge is 0.337 e. The molecule has 1 aromatic rings. The topological polar surface area (TPSA) is 39.6 Å². The van der Waals surface area contributed by atoms with Crippen molar-refractivity contribution in [2.24, 2.45) is 0 Å². The maximum absolute atomic E-state index is 12.2. The van der Waals surface area contributed by atoms with Crippen LogP contribution in [-0.4, -0.2) is 4.98 Å². The van der Waals surface area contributed by atoms with Crippen molar-refractivity contribution in [3.05, 3.63) is 28.0 Å². The second kappa shape index (κ2) is 3.18. The first-order valence-electron chi connectivity index (χ1n) is 3.16. The van der Waals surface area contributed by atoms with E-state index >= 15 is 0 Å². The van der Waals surface area contributed by atoms with Gasteiger partial charge in [0, 0.05) is 0 Å². The molecule has 0 amide bonds. The van der Waals surface area contributed by atoms with Gasteiger partial charge < -0.3 is 4.98 Å². The number of halogens is 3. The van der Waals surface area contributed by atoms with E-state index in [0.717, 1.165) is 12.1 Å². The molecule has 0 aliphatic carbocycles. The summed E-state index contributed by atoms with van der Waals surface area (Å²) in [5.74, 6) is 0. The van der Waals surface area contributed by atoms with Crippen molar-refractivity contribution >= 4 is 12.2 Å². The van der Waals surface area contributed by atoms with Crippen molar-refractivity contribution in [1.29, 1.82) is 5.26 Å². The Morgan fingerprint density at radius 2 is 2.00 bits per heavy atom. The van der Waals surface area contributed by atoms with Gasteiger partial charge in [0.05, 0.1) is 5.56 Å². The third kappa shape index (κ3) is 2.06. The Kier molecular flexibility index (Phi) is 2.38. The maximum atomic E-state index is 12.2. The van der Waals surface area contributed by atoms with Crippen LogP contribution in [0.5, 0.6) is 0 Å². The van der Waals surface area contributed by atoms with Crippen LogP contribution in [0.1, 0.15) is 11.3 Å². The van der Waals surface area contributed by atoms with Crippen molar-refractivity contribution in [2.75, 3.05) is 0 Å². The lowest BCUT2D eigenvalue weighted by atomic mass is 10.2. The third-order valence-electron chi connectivity index (χ3n) is 1.34. The molecule has 1 heterocycles. The highest BCUT2D eigenvalue weighted by Gasteiger charge is 2.33. The molecule has 0 saturated carbocycles. The first kappa shape index (κ1) is 9.74. The molecule has 2 nitrogen and oxygen atoms in total. The van der Waals surface area contributed by atoms with Gasteiger partial charge in [-0.1, -0.05) is 12.2 Å². The zero-order chi connectivity index (χ0) is 10.1. The number of alkyl halides is 3. The molecule has 68 valence electrons. The van der Waals surface area contributed by atoms with E-state index in [4.69, 9.17) is 5.26 Å². The van der Waals surface area contributed by atoms with Gasteiger partial charge in [0.15, 0.2) is 0 Å². The van der Waals surface area contributed by atoms with Crippen LogP contribution < -0.4 is 0 Å². The van der Waals surface area contributed by atoms with Gasteiger partial charge >= 0.3 is 6.18 Å². The summed E-state index contributed by atoms with van der Waals surface area (Å²) >= 11 is 4.57. The van der Waals surface area contributed by atoms with Gasteiger partial charge in [0.1, 0.15) is 16.4 Å². The van der Waals surface area contributed by atoms with Crippen LogP contribution in [0.2, 0.25) is 0 Å². The van der Waals surface area contributed by atoms with Gasteiger partial charge in [-0.25, -0.2) is 0 Å². The summed E-state index contributed by atoms with van der Waals surface area (Å²) in [6.07, 6.45) is -4.52. The molecule has 0 bridgehead atoms. The van der Waals surface area contributed by atoms with E-state index in [9.17, 15) is 13.2 Å². The largest absolute Gasteiger partial charge is 0.419 e. The maximum Gasteiger partial charge on any atom is 0.419 e. The van der Waals surface area contributed by atoms with Crippen LogP contribution in [0, 0.1) is 16.0 Å². The minimum atomic E-state index is -4.52. The molecule has 0 radical (unpaired) electrons. The molecule has 1 N–H and O–H groups in total. The highest BCUT2D eigenvalue weighted by Crippen LogP contribution is 2.30. The quantitative estimate of drug-likeness (QED) is 0.660. The van der Waals surface area contributed by atoms with Crippen LogP contribution in [0.25, 0.3) is 0 Å². The summed E-state index contributed by atoms with van der Waals surface area (Å²) in [5.41, 5.74) is -1.55. The number of nitriles is 1. The average molecular weight is 204 g/mol. The molecule has 0 fully saturated rings. The van der Waals surface area contributed by atoms with E-state index in [0.29, 0.717) is 0 Å². The monoisotopic (exact) mass is 204 g/mol. The Bertz CT molecular complexity index is 413. The standard InChI is InChI=1S/C7H3F3N2S/c8-7(9,10)4-1-2-6(13)12-5(4)3-11/h1-2H,(H,12,13). The molecule has 0 aliphatic heterocycles. The van der Waals surface area contributed by atoms with Crippen molar-refractivity contribution < 1.29 is 13.2 Å². The molecule has 1 aromatic heterocycles. The number of hydrogen-bond acceptors (Lipinski definition) is 2. The lowest BCUT2D eigenvalue weighted by molar-refractivity contribution is -0.138. The number of aromatic nitrogens is 1. The van der Waals surface area contributed by atoms with Crippen LogP contribution >= 0.6 is 12.2 Å². The minimum absolute atomic E-state index is 0.101. The van der Waals surface area contributed by atoms with E-state index in [1.807, 2.05) is 0 Å². The number of H-pyrrole nitrogens is 1. The van der Waals surface area contributed by atoms with Gasteiger partial charge in [-0.05, 0) is 12.1 Å². The lowest BCUT2D eigenvalue weighted by Gasteiger charge is -2.06. The summed E-state index contributed by atoms with van der Waals surface area (Å²) in [6.45, 7) is 0. The van der Waals surface area contributed by atoms with E-state index < -0.39 is 17.4 Å². The minimum Gasteiger partial charge on any atom is -0.337 e. The number of aromatic amines is 1. The SMILES string of the molecule is N#Cc1[nH]c(=S)ccc1C(F)(F)F. The first-order chi connectivity index (χ1) is 5.95. The number of nitrogens with one attached hydrogen (secondary N) is 1. The van der Waals surface area contributed by atoms with Gasteiger partial charge in [-0.2, -0.15) is 18.4 Å². The molecule has 1 rings (SSSR count). The molecule has 0 saturated heterocycles. The van der Waals surface area contributed by atoms with E-state index in [-0.39, 0.29) is 4.64 Å². The van der Waals surface area contributed by atoms with Gasteiger partial charge in [-0.15, -0.1) is 0 Å². The zero-order valence-electron chi connectivity index (χ0n) is 6.14. The number of pyridine rings is 1. The van der Waals surface area contributed by atoms with Gasteiger partial charge in [0.25, 0.3) is 0 Å². The number of rotatable bonds is 0. The summed E-state index contributed by atoms with van der Waals surface area (Å²) in [4.78, 5) is 2.17. The Balaban J connectivity index is 3.41. The molecule has 6 heteroatoms.